The fourth-order valence-corrected chi connectivity index (χ4v) is 2.53. The summed E-state index contributed by atoms with van der Waals surface area (Å²) in [6.07, 6.45) is 4.72. The number of carbonyl (C=O) groups excluding carboxylic acids is 2. The molecule has 3 aromatic rings. The van der Waals surface area contributed by atoms with Crippen molar-refractivity contribution in [1.82, 2.24) is 20.4 Å². The zero-order valence-electron chi connectivity index (χ0n) is 14.6. The molecule has 26 heavy (non-hydrogen) atoms. The number of benzene rings is 1. The van der Waals surface area contributed by atoms with Gasteiger partial charge in [-0.1, -0.05) is 12.1 Å². The van der Waals surface area contributed by atoms with Crippen molar-refractivity contribution >= 4 is 22.9 Å². The first-order valence-electron chi connectivity index (χ1n) is 7.70. The Morgan fingerprint density at radius 1 is 1.31 bits per heavy atom. The number of carbonyl (C=O) groups is 2. The summed E-state index contributed by atoms with van der Waals surface area (Å²) in [5.74, 6) is -1.35. The van der Waals surface area contributed by atoms with Crippen LogP contribution in [0.3, 0.4) is 0 Å². The minimum atomic E-state index is -1.35. The molecule has 0 aliphatic rings. The van der Waals surface area contributed by atoms with Crippen LogP contribution in [0.1, 0.15) is 11.1 Å². The summed E-state index contributed by atoms with van der Waals surface area (Å²) in [5, 5.41) is 21.4. The first-order chi connectivity index (χ1) is 12.0. The molecule has 0 saturated heterocycles. The quantitative estimate of drug-likeness (QED) is 0.453. The summed E-state index contributed by atoms with van der Waals surface area (Å²) in [4.78, 5) is 23.2. The molecule has 0 fully saturated rings. The van der Waals surface area contributed by atoms with E-state index < -0.39 is 18.0 Å². The third-order valence-corrected chi connectivity index (χ3v) is 3.88. The van der Waals surface area contributed by atoms with Gasteiger partial charge in [-0.05, 0) is 23.3 Å². The van der Waals surface area contributed by atoms with Crippen LogP contribution in [0.25, 0.3) is 10.9 Å². The second kappa shape index (κ2) is 9.33. The van der Waals surface area contributed by atoms with Gasteiger partial charge < -0.3 is 25.0 Å². The third kappa shape index (κ3) is 5.18. The molecule has 1 atom stereocenters. The van der Waals surface area contributed by atoms with Gasteiger partial charge in [0.25, 0.3) is 0 Å². The molecule has 8 nitrogen and oxygen atoms in total. The number of aromatic nitrogens is 2. The summed E-state index contributed by atoms with van der Waals surface area (Å²) < 4.78 is 6.64. The molecule has 0 radical (unpaired) electrons. The summed E-state index contributed by atoms with van der Waals surface area (Å²) in [5.41, 5.74) is 2.49. The number of fused-ring (bicyclic) bond motifs is 1. The van der Waals surface area contributed by atoms with Crippen molar-refractivity contribution in [2.45, 2.75) is 19.0 Å². The maximum Gasteiger partial charge on any atom is 1.00 e. The Kier molecular flexibility index (Phi) is 7.41. The molecule has 0 saturated carbocycles. The average molecular weight is 380 g/mol. The van der Waals surface area contributed by atoms with E-state index in [0.717, 1.165) is 16.5 Å². The number of carboxylic acid groups (broad SMARTS) is 1. The minimum absolute atomic E-state index is 0. The number of nitrogens with zero attached hydrogens (tertiary/aromatic N) is 2. The maximum atomic E-state index is 12.0. The van der Waals surface area contributed by atoms with Crippen molar-refractivity contribution in [1.29, 1.82) is 0 Å². The largest absolute Gasteiger partial charge is 1.00 e. The first-order valence-corrected chi connectivity index (χ1v) is 7.70. The first kappa shape index (κ1) is 20.7. The molecular formula is C17H17KN4O4. The summed E-state index contributed by atoms with van der Waals surface area (Å²) in [6, 6.07) is 5.63. The standard InChI is InChI=1S/C17H18N4O4.K/c1-21-15-7-11(2-3-13(15)9-19-21)8-18-17(24)20-14(16(22)23)6-12-4-5-25-10-12;/h2-5,7,9-10,14H,6,8H2,1H3,(H,22,23)(H2,18,20,24);/q;+1/p-1. The number of urea groups is 1. The van der Waals surface area contributed by atoms with E-state index >= 15 is 0 Å². The van der Waals surface area contributed by atoms with Crippen LogP contribution in [0.4, 0.5) is 4.79 Å². The minimum Gasteiger partial charge on any atom is -0.548 e. The Bertz CT molecular complexity index is 891. The molecule has 0 aliphatic carbocycles. The van der Waals surface area contributed by atoms with Gasteiger partial charge in [0.1, 0.15) is 0 Å². The van der Waals surface area contributed by atoms with Crippen molar-refractivity contribution in [2.24, 2.45) is 7.05 Å². The number of aryl methyl sites for hydroxylation is 1. The molecule has 2 aromatic heterocycles. The van der Waals surface area contributed by atoms with Gasteiger partial charge in [-0.15, -0.1) is 0 Å². The van der Waals surface area contributed by atoms with E-state index in [1.165, 1.54) is 12.5 Å². The number of hydrogen-bond donors (Lipinski definition) is 2. The molecule has 0 bridgehead atoms. The van der Waals surface area contributed by atoms with Crippen LogP contribution < -0.4 is 67.1 Å². The SMILES string of the molecule is Cn1ncc2ccc(CNC(=O)NC(Cc3ccoc3)C(=O)[O-])cc21.[K+]. The van der Waals surface area contributed by atoms with E-state index in [0.29, 0.717) is 5.56 Å². The fourth-order valence-electron chi connectivity index (χ4n) is 2.53. The van der Waals surface area contributed by atoms with Gasteiger partial charge in [0.15, 0.2) is 0 Å². The molecular weight excluding hydrogens is 363 g/mol. The van der Waals surface area contributed by atoms with Crippen LogP contribution in [-0.4, -0.2) is 27.8 Å². The van der Waals surface area contributed by atoms with E-state index in [9.17, 15) is 14.7 Å². The van der Waals surface area contributed by atoms with E-state index in [1.807, 2.05) is 25.2 Å². The number of amides is 2. The second-order valence-electron chi connectivity index (χ2n) is 5.70. The van der Waals surface area contributed by atoms with Crippen LogP contribution in [-0.2, 0) is 24.8 Å². The number of rotatable bonds is 6. The molecule has 0 aliphatic heterocycles. The van der Waals surface area contributed by atoms with Crippen LogP contribution in [0.5, 0.6) is 0 Å². The number of furan rings is 1. The topological polar surface area (TPSA) is 112 Å². The average Bonchev–Trinajstić information content (AvgIpc) is 3.22. The zero-order valence-corrected chi connectivity index (χ0v) is 17.7. The Morgan fingerprint density at radius 3 is 2.81 bits per heavy atom. The fraction of sp³-hybridized carbons (Fsp3) is 0.235. The van der Waals surface area contributed by atoms with Gasteiger partial charge in [-0.3, -0.25) is 4.68 Å². The van der Waals surface area contributed by atoms with Crippen molar-refractivity contribution in [3.63, 3.8) is 0 Å². The predicted octanol–water partition coefficient (Wildman–Crippen LogP) is -2.67. The van der Waals surface area contributed by atoms with Gasteiger partial charge in [0.05, 0.1) is 36.3 Å². The van der Waals surface area contributed by atoms with E-state index in [-0.39, 0.29) is 64.4 Å². The van der Waals surface area contributed by atoms with Crippen molar-refractivity contribution in [3.8, 4) is 0 Å². The molecule has 2 amide bonds. The maximum absolute atomic E-state index is 12.0. The molecule has 1 unspecified atom stereocenters. The van der Waals surface area contributed by atoms with Gasteiger partial charge in [-0.2, -0.15) is 5.10 Å². The smallest absolute Gasteiger partial charge is 0.548 e. The van der Waals surface area contributed by atoms with Crippen LogP contribution in [0, 0.1) is 0 Å². The molecule has 0 spiro atoms. The molecule has 2 heterocycles. The predicted molar refractivity (Wildman–Crippen MR) is 87.3 cm³/mol. The Hall–Kier alpha value is -1.65. The number of nitrogens with one attached hydrogen (secondary N) is 2. The van der Waals surface area contributed by atoms with Crippen molar-refractivity contribution in [3.05, 3.63) is 54.1 Å². The number of hydrogen-bond acceptors (Lipinski definition) is 5. The van der Waals surface area contributed by atoms with Crippen molar-refractivity contribution < 1.29 is 70.5 Å². The van der Waals surface area contributed by atoms with E-state index in [1.54, 1.807) is 16.9 Å². The molecule has 3 rings (SSSR count). The molecule has 130 valence electrons. The summed E-state index contributed by atoms with van der Waals surface area (Å²) in [6.45, 7) is 0.262. The molecule has 2 N–H and O–H groups in total. The van der Waals surface area contributed by atoms with Crippen LogP contribution >= 0.6 is 0 Å². The van der Waals surface area contributed by atoms with E-state index in [4.69, 9.17) is 4.42 Å². The summed E-state index contributed by atoms with van der Waals surface area (Å²) >= 11 is 0. The molecule has 1 aromatic carbocycles. The summed E-state index contributed by atoms with van der Waals surface area (Å²) in [7, 11) is 1.84. The Balaban J connectivity index is 0.00000243. The number of aliphatic carboxylic acids is 1. The van der Waals surface area contributed by atoms with Crippen LogP contribution in [0.2, 0.25) is 0 Å². The number of carboxylic acids is 1. The monoisotopic (exact) mass is 380 g/mol. The van der Waals surface area contributed by atoms with Gasteiger partial charge >= 0.3 is 57.4 Å². The van der Waals surface area contributed by atoms with Gasteiger partial charge in [-0.25, -0.2) is 4.79 Å². The Labute approximate surface area is 192 Å². The zero-order chi connectivity index (χ0) is 17.8. The Morgan fingerprint density at radius 2 is 2.12 bits per heavy atom. The third-order valence-electron chi connectivity index (χ3n) is 3.88. The van der Waals surface area contributed by atoms with Gasteiger partial charge in [0.2, 0.25) is 0 Å². The van der Waals surface area contributed by atoms with Crippen LogP contribution in [0.15, 0.2) is 47.4 Å². The molecule has 9 heteroatoms. The van der Waals surface area contributed by atoms with E-state index in [2.05, 4.69) is 15.7 Å². The van der Waals surface area contributed by atoms with Gasteiger partial charge in [0, 0.05) is 25.4 Å². The normalized spacial score (nSPS) is 11.6. The second-order valence-corrected chi connectivity index (χ2v) is 5.70. The van der Waals surface area contributed by atoms with Crippen molar-refractivity contribution in [2.75, 3.05) is 0 Å².